The monoisotopic (exact) mass is 537 g/mol. The molecule has 3 aromatic rings. The zero-order valence-corrected chi connectivity index (χ0v) is 20.8. The smallest absolute Gasteiger partial charge is 0.416 e. The van der Waals surface area contributed by atoms with Gasteiger partial charge in [0.2, 0.25) is 11.8 Å². The number of hydrogen-bond donors (Lipinski definition) is 1. The average Bonchev–Trinajstić information content (AvgIpc) is 3.28. The van der Waals surface area contributed by atoms with Crippen molar-refractivity contribution in [2.24, 2.45) is 0 Å². The third kappa shape index (κ3) is 4.45. The number of rotatable bonds is 7. The van der Waals surface area contributed by atoms with E-state index in [1.165, 1.54) is 38.0 Å². The third-order valence-electron chi connectivity index (χ3n) is 6.09. The molecule has 2 aliphatic rings. The minimum atomic E-state index is -4.52. The van der Waals surface area contributed by atoms with Gasteiger partial charge in [-0.15, -0.1) is 0 Å². The lowest BCUT2D eigenvalue weighted by Gasteiger charge is -2.51. The largest absolute Gasteiger partial charge is 0.480 e. The Bertz CT molecular complexity index is 1320. The number of nitrogens with zero attached hydrogens (tertiary/aromatic N) is 4. The van der Waals surface area contributed by atoms with Gasteiger partial charge in [-0.05, 0) is 18.2 Å². The van der Waals surface area contributed by atoms with Crippen molar-refractivity contribution in [3.63, 3.8) is 0 Å². The highest BCUT2D eigenvalue weighted by molar-refractivity contribution is 7.16. The normalized spacial score (nSPS) is 15.8. The summed E-state index contributed by atoms with van der Waals surface area (Å²) in [7, 11) is 4.32. The van der Waals surface area contributed by atoms with Crippen LogP contribution in [0.5, 0.6) is 17.5 Å². The molecule has 0 saturated carbocycles. The average molecular weight is 538 g/mol. The first-order chi connectivity index (χ1) is 17.7. The van der Waals surface area contributed by atoms with E-state index in [1.54, 1.807) is 7.11 Å². The van der Waals surface area contributed by atoms with Gasteiger partial charge in [0.15, 0.2) is 16.3 Å². The molecule has 0 bridgehead atoms. The molecule has 37 heavy (non-hydrogen) atoms. The number of methoxy groups -OCH3 is 3. The molecule has 14 heteroatoms. The molecule has 4 heterocycles. The van der Waals surface area contributed by atoms with Crippen LogP contribution < -0.4 is 19.5 Å². The van der Waals surface area contributed by atoms with E-state index in [-0.39, 0.29) is 28.2 Å². The Morgan fingerprint density at radius 3 is 2.51 bits per heavy atom. The number of anilines is 1. The van der Waals surface area contributed by atoms with Crippen LogP contribution in [0.2, 0.25) is 0 Å². The first-order valence-electron chi connectivity index (χ1n) is 11.1. The predicted molar refractivity (Wildman–Crippen MR) is 126 cm³/mol. The van der Waals surface area contributed by atoms with Gasteiger partial charge in [-0.1, -0.05) is 11.3 Å². The highest BCUT2D eigenvalue weighted by Gasteiger charge is 2.53. The van der Waals surface area contributed by atoms with E-state index >= 15 is 0 Å². The second-order valence-corrected chi connectivity index (χ2v) is 9.43. The van der Waals surface area contributed by atoms with Crippen molar-refractivity contribution >= 4 is 22.4 Å². The molecule has 0 atom stereocenters. The lowest BCUT2D eigenvalue weighted by molar-refractivity contribution is -0.138. The van der Waals surface area contributed by atoms with Crippen LogP contribution in [0.4, 0.5) is 18.3 Å². The van der Waals surface area contributed by atoms with E-state index in [4.69, 9.17) is 18.9 Å². The van der Waals surface area contributed by atoms with E-state index < -0.39 is 23.2 Å². The Hall–Kier alpha value is -3.49. The number of carbonyl (C=O) groups is 1. The molecule has 1 N–H and O–H groups in total. The van der Waals surface area contributed by atoms with Crippen molar-refractivity contribution in [3.05, 3.63) is 40.5 Å². The Morgan fingerprint density at radius 1 is 1.19 bits per heavy atom. The van der Waals surface area contributed by atoms with Crippen molar-refractivity contribution in [1.82, 2.24) is 19.9 Å². The summed E-state index contributed by atoms with van der Waals surface area (Å²) in [4.78, 5) is 28.4. The second-order valence-electron chi connectivity index (χ2n) is 8.43. The predicted octanol–water partition coefficient (Wildman–Crippen LogP) is 3.44. The minimum Gasteiger partial charge on any atom is -0.480 e. The Kier molecular flexibility index (Phi) is 6.41. The molecule has 2 aromatic heterocycles. The summed E-state index contributed by atoms with van der Waals surface area (Å²) in [5.41, 5.74) is -0.848. The zero-order chi connectivity index (χ0) is 26.4. The SMILES string of the molecule is COCCN1CC2(C1)Oc1cc(C(F)(F)F)ccc1-c1nc(NC(=O)c3c(OC)ncnc3OC)sc12. The van der Waals surface area contributed by atoms with E-state index in [0.717, 1.165) is 12.1 Å². The second kappa shape index (κ2) is 9.43. The molecule has 1 amide bonds. The van der Waals surface area contributed by atoms with Crippen LogP contribution >= 0.6 is 11.3 Å². The summed E-state index contributed by atoms with van der Waals surface area (Å²) in [5, 5.41) is 2.95. The number of ether oxygens (including phenoxy) is 4. The number of benzene rings is 1. The Balaban J connectivity index is 1.52. The van der Waals surface area contributed by atoms with E-state index in [2.05, 4.69) is 25.2 Å². The molecule has 1 fully saturated rings. The maximum atomic E-state index is 13.4. The number of amides is 1. The number of hydrogen-bond acceptors (Lipinski definition) is 10. The molecule has 0 aliphatic carbocycles. The van der Waals surface area contributed by atoms with Crippen molar-refractivity contribution in [3.8, 4) is 28.8 Å². The van der Waals surface area contributed by atoms with Gasteiger partial charge in [0.1, 0.15) is 12.1 Å². The molecule has 0 unspecified atom stereocenters. The summed E-state index contributed by atoms with van der Waals surface area (Å²) in [5.74, 6) is -0.485. The van der Waals surface area contributed by atoms with E-state index in [9.17, 15) is 18.0 Å². The Labute approximate surface area is 213 Å². The lowest BCUT2D eigenvalue weighted by Crippen LogP contribution is -2.63. The van der Waals surface area contributed by atoms with Crippen LogP contribution in [-0.4, -0.2) is 73.3 Å². The highest BCUT2D eigenvalue weighted by atomic mass is 32.1. The number of halogens is 3. The van der Waals surface area contributed by atoms with Gasteiger partial charge in [-0.25, -0.2) is 15.0 Å². The number of likely N-dealkylation sites (tertiary alicyclic amines) is 1. The fraction of sp³-hybridized carbons (Fsp3) is 0.391. The molecular formula is C23H22F3N5O5S. The van der Waals surface area contributed by atoms with Gasteiger partial charge in [-0.2, -0.15) is 13.2 Å². The third-order valence-corrected chi connectivity index (χ3v) is 7.25. The summed E-state index contributed by atoms with van der Waals surface area (Å²) in [6.45, 7) is 2.01. The summed E-state index contributed by atoms with van der Waals surface area (Å²) in [6.07, 6.45) is -3.32. The van der Waals surface area contributed by atoms with Gasteiger partial charge in [0.25, 0.3) is 5.91 Å². The maximum absolute atomic E-state index is 13.4. The van der Waals surface area contributed by atoms with Gasteiger partial charge < -0.3 is 18.9 Å². The molecule has 1 saturated heterocycles. The van der Waals surface area contributed by atoms with E-state index in [1.807, 2.05) is 0 Å². The molecule has 196 valence electrons. The topological polar surface area (TPSA) is 108 Å². The molecule has 10 nitrogen and oxygen atoms in total. The fourth-order valence-corrected chi connectivity index (χ4v) is 5.46. The van der Waals surface area contributed by atoms with Crippen molar-refractivity contribution in [2.45, 2.75) is 11.8 Å². The molecule has 0 radical (unpaired) electrons. The standard InChI is InChI=1S/C23H22F3N5O5S/c1-33-7-6-31-9-22(10-31)17-16(13-5-4-12(23(24,25)26)8-14(13)36-22)29-21(37-17)30-18(32)15-19(34-2)27-11-28-20(15)35-3/h4-5,8,11H,6-7,9-10H2,1-3H3,(H,29,30,32). The lowest BCUT2D eigenvalue weighted by atomic mass is 9.86. The van der Waals surface area contributed by atoms with Gasteiger partial charge in [0, 0.05) is 32.3 Å². The fourth-order valence-electron chi connectivity index (χ4n) is 4.38. The highest BCUT2D eigenvalue weighted by Crippen LogP contribution is 2.53. The number of fused-ring (bicyclic) bond motifs is 4. The van der Waals surface area contributed by atoms with Crippen LogP contribution in [0.15, 0.2) is 24.5 Å². The first kappa shape index (κ1) is 25.2. The van der Waals surface area contributed by atoms with Gasteiger partial charge >= 0.3 is 6.18 Å². The number of aromatic nitrogens is 3. The van der Waals surface area contributed by atoms with Crippen LogP contribution in [0.25, 0.3) is 11.3 Å². The molecule has 5 rings (SSSR count). The van der Waals surface area contributed by atoms with Crippen LogP contribution in [0, 0.1) is 0 Å². The number of nitrogens with one attached hydrogen (secondary N) is 1. The quantitative estimate of drug-likeness (QED) is 0.485. The minimum absolute atomic E-state index is 0.0169. The maximum Gasteiger partial charge on any atom is 0.416 e. The van der Waals surface area contributed by atoms with Gasteiger partial charge in [-0.3, -0.25) is 15.0 Å². The molecule has 2 aliphatic heterocycles. The van der Waals surface area contributed by atoms with Gasteiger partial charge in [0.05, 0.1) is 37.0 Å². The summed E-state index contributed by atoms with van der Waals surface area (Å²) in [6, 6.07) is 3.32. The van der Waals surface area contributed by atoms with Crippen molar-refractivity contribution < 1.29 is 36.9 Å². The van der Waals surface area contributed by atoms with Crippen LogP contribution in [0.3, 0.4) is 0 Å². The Morgan fingerprint density at radius 2 is 1.89 bits per heavy atom. The number of alkyl halides is 3. The first-order valence-corrected chi connectivity index (χ1v) is 11.9. The summed E-state index contributed by atoms with van der Waals surface area (Å²) < 4.78 is 61.9. The van der Waals surface area contributed by atoms with Crippen molar-refractivity contribution in [2.75, 3.05) is 52.9 Å². The molecular weight excluding hydrogens is 515 g/mol. The van der Waals surface area contributed by atoms with Crippen LogP contribution in [0.1, 0.15) is 20.8 Å². The number of thiazole rings is 1. The molecule has 1 aromatic carbocycles. The number of carbonyl (C=O) groups excluding carboxylic acids is 1. The van der Waals surface area contributed by atoms with Crippen LogP contribution in [-0.2, 0) is 16.5 Å². The molecule has 1 spiro atoms. The van der Waals surface area contributed by atoms with E-state index in [0.29, 0.717) is 42.4 Å². The summed E-state index contributed by atoms with van der Waals surface area (Å²) >= 11 is 1.20. The van der Waals surface area contributed by atoms with Crippen molar-refractivity contribution in [1.29, 1.82) is 0 Å². The zero-order valence-electron chi connectivity index (χ0n) is 20.0.